The zero-order valence-electron chi connectivity index (χ0n) is 13.7. The maximum absolute atomic E-state index is 11.5. The van der Waals surface area contributed by atoms with Gasteiger partial charge in [0.2, 0.25) is 10.0 Å². The van der Waals surface area contributed by atoms with Gasteiger partial charge in [0.15, 0.2) is 5.96 Å². The molecule has 0 unspecified atom stereocenters. The lowest BCUT2D eigenvalue weighted by Crippen LogP contribution is -2.36. The van der Waals surface area contributed by atoms with Crippen LogP contribution in [0.1, 0.15) is 16.9 Å². The number of hydrogen-bond donors (Lipinski definition) is 3. The van der Waals surface area contributed by atoms with Gasteiger partial charge in [-0.05, 0) is 30.3 Å². The van der Waals surface area contributed by atoms with Crippen LogP contribution in [0, 0.1) is 0 Å². The zero-order chi connectivity index (χ0) is 17.4. The maximum atomic E-state index is 11.5. The first-order chi connectivity index (χ1) is 11.5. The molecule has 2 rings (SSSR count). The molecule has 0 radical (unpaired) electrons. The van der Waals surface area contributed by atoms with Crippen molar-refractivity contribution >= 4 is 16.0 Å². The summed E-state index contributed by atoms with van der Waals surface area (Å²) in [7, 11) is -0.138. The number of furan rings is 1. The Hall–Kier alpha value is -2.32. The maximum Gasteiger partial charge on any atom is 0.215 e. The molecule has 1 heterocycles. The average molecular weight is 350 g/mol. The van der Waals surface area contributed by atoms with Gasteiger partial charge in [0.25, 0.3) is 0 Å². The Morgan fingerprint density at radius 1 is 1.08 bits per heavy atom. The van der Waals surface area contributed by atoms with Gasteiger partial charge in [-0.25, -0.2) is 13.1 Å². The highest BCUT2D eigenvalue weighted by molar-refractivity contribution is 7.88. The summed E-state index contributed by atoms with van der Waals surface area (Å²) in [6.07, 6.45) is 1.63. The second-order valence-electron chi connectivity index (χ2n) is 5.14. The lowest BCUT2D eigenvalue weighted by atomic mass is 10.1. The van der Waals surface area contributed by atoms with Crippen LogP contribution in [0.15, 0.2) is 52.1 Å². The first kappa shape index (κ1) is 18.0. The van der Waals surface area contributed by atoms with Crippen molar-refractivity contribution in [1.82, 2.24) is 15.4 Å². The number of aliphatic imine (C=N–C) groups is 1. The monoisotopic (exact) mass is 350 g/mol. The summed E-state index contributed by atoms with van der Waals surface area (Å²) in [6, 6.07) is 11.1. The molecule has 0 aliphatic carbocycles. The molecule has 0 fully saturated rings. The quantitative estimate of drug-likeness (QED) is 0.515. The van der Waals surface area contributed by atoms with E-state index >= 15 is 0 Å². The molecule has 0 bridgehead atoms. The van der Waals surface area contributed by atoms with Crippen molar-refractivity contribution in [2.75, 3.05) is 14.1 Å². The second-order valence-corrected chi connectivity index (χ2v) is 7.06. The number of guanidine groups is 1. The normalized spacial score (nSPS) is 12.2. The van der Waals surface area contributed by atoms with Gasteiger partial charge in [0.05, 0.1) is 18.6 Å². The Labute approximate surface area is 142 Å². The minimum atomic E-state index is -3.25. The van der Waals surface area contributed by atoms with Crippen LogP contribution in [0.2, 0.25) is 0 Å². The third-order valence-electron chi connectivity index (χ3n) is 3.38. The van der Waals surface area contributed by atoms with E-state index in [1.165, 1.54) is 7.05 Å². The molecule has 24 heavy (non-hydrogen) atoms. The number of rotatable bonds is 7. The van der Waals surface area contributed by atoms with Gasteiger partial charge in [-0.2, -0.15) is 0 Å². The smallest absolute Gasteiger partial charge is 0.215 e. The topological polar surface area (TPSA) is 95.7 Å². The molecule has 0 saturated carbocycles. The summed E-state index contributed by atoms with van der Waals surface area (Å²) < 4.78 is 30.6. The molecule has 2 aromatic rings. The van der Waals surface area contributed by atoms with Gasteiger partial charge < -0.3 is 15.1 Å². The highest BCUT2D eigenvalue weighted by atomic mass is 32.2. The minimum absolute atomic E-state index is 0.0242. The molecule has 7 nitrogen and oxygen atoms in total. The lowest BCUT2D eigenvalue weighted by molar-refractivity contribution is 0.501. The van der Waals surface area contributed by atoms with Crippen molar-refractivity contribution in [1.29, 1.82) is 0 Å². The zero-order valence-corrected chi connectivity index (χ0v) is 14.6. The fraction of sp³-hybridized carbons (Fsp3) is 0.312. The van der Waals surface area contributed by atoms with Gasteiger partial charge in [-0.3, -0.25) is 4.99 Å². The molecule has 0 aliphatic rings. The minimum Gasteiger partial charge on any atom is -0.467 e. The molecule has 1 aromatic heterocycles. The van der Waals surface area contributed by atoms with Gasteiger partial charge in [0, 0.05) is 13.6 Å². The van der Waals surface area contributed by atoms with Crippen LogP contribution in [-0.4, -0.2) is 28.5 Å². The van der Waals surface area contributed by atoms with Crippen LogP contribution >= 0.6 is 0 Å². The molecule has 0 amide bonds. The van der Waals surface area contributed by atoms with Crippen LogP contribution in [0.4, 0.5) is 0 Å². The fourth-order valence-corrected chi connectivity index (χ4v) is 2.81. The second kappa shape index (κ2) is 8.51. The summed E-state index contributed by atoms with van der Waals surface area (Å²) in [4.78, 5) is 4.14. The number of hydrogen-bond acceptors (Lipinski definition) is 4. The molecule has 8 heteroatoms. The van der Waals surface area contributed by atoms with Crippen LogP contribution < -0.4 is 15.4 Å². The standard InChI is InChI=1S/C16H22N4O3S/c1-17-16(20-11-15-4-3-9-23-15)19-10-13-5-7-14(8-6-13)12-24(21,22)18-2/h3-9,18H,10-12H2,1-2H3,(H2,17,19,20). The number of nitrogens with zero attached hydrogens (tertiary/aromatic N) is 1. The van der Waals surface area contributed by atoms with E-state index in [1.54, 1.807) is 13.3 Å². The SMILES string of the molecule is CN=C(NCc1ccc(CS(=O)(=O)NC)cc1)NCc1ccco1. The lowest BCUT2D eigenvalue weighted by Gasteiger charge is -2.11. The Balaban J connectivity index is 1.84. The van der Waals surface area contributed by atoms with Crippen LogP contribution in [-0.2, 0) is 28.9 Å². The van der Waals surface area contributed by atoms with E-state index in [2.05, 4.69) is 20.3 Å². The van der Waals surface area contributed by atoms with Gasteiger partial charge in [-0.15, -0.1) is 0 Å². The molecule has 0 saturated heterocycles. The summed E-state index contributed by atoms with van der Waals surface area (Å²) in [5, 5.41) is 6.34. The molecular formula is C16H22N4O3S. The van der Waals surface area contributed by atoms with E-state index in [0.29, 0.717) is 19.0 Å². The van der Waals surface area contributed by atoms with Crippen LogP contribution in [0.25, 0.3) is 0 Å². The van der Waals surface area contributed by atoms with Crippen molar-refractivity contribution in [3.63, 3.8) is 0 Å². The number of sulfonamides is 1. The van der Waals surface area contributed by atoms with Gasteiger partial charge in [0.1, 0.15) is 5.76 Å². The molecule has 130 valence electrons. The fourth-order valence-electron chi connectivity index (χ4n) is 2.04. The van der Waals surface area contributed by atoms with Gasteiger partial charge >= 0.3 is 0 Å². The van der Waals surface area contributed by atoms with E-state index < -0.39 is 10.0 Å². The molecule has 0 spiro atoms. The van der Waals surface area contributed by atoms with Crippen molar-refractivity contribution in [2.45, 2.75) is 18.8 Å². The average Bonchev–Trinajstić information content (AvgIpc) is 3.09. The number of nitrogens with one attached hydrogen (secondary N) is 3. The molecular weight excluding hydrogens is 328 g/mol. The van der Waals surface area contributed by atoms with Crippen molar-refractivity contribution in [3.8, 4) is 0 Å². The van der Waals surface area contributed by atoms with E-state index in [4.69, 9.17) is 4.42 Å². The van der Waals surface area contributed by atoms with Gasteiger partial charge in [-0.1, -0.05) is 24.3 Å². The summed E-state index contributed by atoms with van der Waals surface area (Å²) in [6.45, 7) is 1.13. The molecule has 3 N–H and O–H groups in total. The number of benzene rings is 1. The summed E-state index contributed by atoms with van der Waals surface area (Å²) in [5.74, 6) is 1.46. The highest BCUT2D eigenvalue weighted by Gasteiger charge is 2.08. The van der Waals surface area contributed by atoms with Crippen LogP contribution in [0.5, 0.6) is 0 Å². The van der Waals surface area contributed by atoms with E-state index in [9.17, 15) is 8.42 Å². The highest BCUT2D eigenvalue weighted by Crippen LogP contribution is 2.07. The Kier molecular flexibility index (Phi) is 6.39. The first-order valence-corrected chi connectivity index (χ1v) is 9.13. The van der Waals surface area contributed by atoms with Crippen molar-refractivity contribution in [3.05, 3.63) is 59.5 Å². The summed E-state index contributed by atoms with van der Waals surface area (Å²) in [5.41, 5.74) is 1.77. The third-order valence-corrected chi connectivity index (χ3v) is 4.72. The van der Waals surface area contributed by atoms with E-state index in [-0.39, 0.29) is 5.75 Å². The first-order valence-electron chi connectivity index (χ1n) is 7.48. The van der Waals surface area contributed by atoms with E-state index in [1.807, 2.05) is 36.4 Å². The predicted octanol–water partition coefficient (Wildman–Crippen LogP) is 1.19. The van der Waals surface area contributed by atoms with Crippen molar-refractivity contribution < 1.29 is 12.8 Å². The van der Waals surface area contributed by atoms with E-state index in [0.717, 1.165) is 16.9 Å². The largest absolute Gasteiger partial charge is 0.467 e. The predicted molar refractivity (Wildman–Crippen MR) is 93.9 cm³/mol. The molecule has 0 aliphatic heterocycles. The molecule has 0 atom stereocenters. The molecule has 1 aromatic carbocycles. The third kappa shape index (κ3) is 5.71. The van der Waals surface area contributed by atoms with Crippen LogP contribution in [0.3, 0.4) is 0 Å². The summed E-state index contributed by atoms with van der Waals surface area (Å²) >= 11 is 0. The Morgan fingerprint density at radius 2 is 1.75 bits per heavy atom. The Morgan fingerprint density at radius 3 is 2.33 bits per heavy atom. The Bertz CT molecular complexity index is 753. The van der Waals surface area contributed by atoms with Crippen molar-refractivity contribution in [2.24, 2.45) is 4.99 Å².